The Bertz CT molecular complexity index is 456. The zero-order valence-electron chi connectivity index (χ0n) is 11.9. The summed E-state index contributed by atoms with van der Waals surface area (Å²) in [5.41, 5.74) is 0.960. The standard InChI is InChI=1S/C16H20O3S/c1-3-10-16(2,20-12-7-11-17)15(18)19-13-14-8-5-4-6-9-14/h3-6,8-11H,7,12-13H2,1-2H3/b10-3+/t16-/m1/s1. The monoisotopic (exact) mass is 292 g/mol. The number of thioether (sulfide) groups is 1. The van der Waals surface area contributed by atoms with E-state index >= 15 is 0 Å². The third kappa shape index (κ3) is 5.21. The largest absolute Gasteiger partial charge is 0.460 e. The van der Waals surface area contributed by atoms with Gasteiger partial charge in [-0.15, -0.1) is 11.8 Å². The first-order chi connectivity index (χ1) is 9.62. The van der Waals surface area contributed by atoms with Crippen molar-refractivity contribution in [3.63, 3.8) is 0 Å². The lowest BCUT2D eigenvalue weighted by Crippen LogP contribution is -2.32. The molecule has 1 aromatic rings. The first-order valence-electron chi connectivity index (χ1n) is 6.55. The van der Waals surface area contributed by atoms with Crippen molar-refractivity contribution < 1.29 is 14.3 Å². The summed E-state index contributed by atoms with van der Waals surface area (Å²) in [4.78, 5) is 22.6. The Morgan fingerprint density at radius 3 is 2.65 bits per heavy atom. The summed E-state index contributed by atoms with van der Waals surface area (Å²) in [5, 5.41) is 0. The van der Waals surface area contributed by atoms with Crippen molar-refractivity contribution in [1.29, 1.82) is 0 Å². The van der Waals surface area contributed by atoms with Crippen LogP contribution in [0.5, 0.6) is 0 Å². The van der Waals surface area contributed by atoms with Crippen molar-refractivity contribution in [2.24, 2.45) is 0 Å². The summed E-state index contributed by atoms with van der Waals surface area (Å²) in [6.45, 7) is 3.94. The molecule has 1 rings (SSSR count). The highest BCUT2D eigenvalue weighted by atomic mass is 32.2. The predicted octanol–water partition coefficient (Wildman–Crippen LogP) is 3.39. The van der Waals surface area contributed by atoms with Gasteiger partial charge in [0, 0.05) is 12.2 Å². The maximum atomic E-state index is 12.2. The van der Waals surface area contributed by atoms with Crippen LogP contribution in [0.1, 0.15) is 25.8 Å². The molecular weight excluding hydrogens is 272 g/mol. The molecule has 4 heteroatoms. The molecule has 0 N–H and O–H groups in total. The second-order valence-electron chi connectivity index (χ2n) is 4.47. The molecule has 108 valence electrons. The molecule has 0 aromatic heterocycles. The molecule has 0 aliphatic carbocycles. The molecule has 1 aromatic carbocycles. The zero-order chi connectivity index (χ0) is 14.8. The number of ether oxygens (including phenoxy) is 1. The van der Waals surface area contributed by atoms with E-state index in [1.165, 1.54) is 11.8 Å². The summed E-state index contributed by atoms with van der Waals surface area (Å²) < 4.78 is 4.63. The number of carbonyl (C=O) groups is 2. The quantitative estimate of drug-likeness (QED) is 0.319. The first-order valence-corrected chi connectivity index (χ1v) is 7.53. The molecule has 0 unspecified atom stereocenters. The highest BCUT2D eigenvalue weighted by Gasteiger charge is 2.32. The number of benzene rings is 1. The lowest BCUT2D eigenvalue weighted by molar-refractivity contribution is -0.146. The zero-order valence-corrected chi connectivity index (χ0v) is 12.7. The summed E-state index contributed by atoms with van der Waals surface area (Å²) in [6.07, 6.45) is 4.94. The van der Waals surface area contributed by atoms with E-state index in [9.17, 15) is 9.59 Å². The van der Waals surface area contributed by atoms with Gasteiger partial charge in [-0.25, -0.2) is 0 Å². The minimum atomic E-state index is -0.744. The number of hydrogen-bond acceptors (Lipinski definition) is 4. The third-order valence-corrected chi connectivity index (χ3v) is 4.08. The lowest BCUT2D eigenvalue weighted by atomic mass is 10.1. The molecule has 3 nitrogen and oxygen atoms in total. The van der Waals surface area contributed by atoms with Crippen molar-refractivity contribution in [3.8, 4) is 0 Å². The van der Waals surface area contributed by atoms with Crippen molar-refractivity contribution in [2.45, 2.75) is 31.6 Å². The van der Waals surface area contributed by atoms with Gasteiger partial charge in [0.25, 0.3) is 0 Å². The fourth-order valence-electron chi connectivity index (χ4n) is 1.68. The van der Waals surface area contributed by atoms with Crippen LogP contribution in [0.3, 0.4) is 0 Å². The molecular formula is C16H20O3S. The predicted molar refractivity (Wildman–Crippen MR) is 82.6 cm³/mol. The SMILES string of the molecule is C/C=C/[C@@](C)(SCCC=O)C(=O)OCc1ccccc1. The van der Waals surface area contributed by atoms with Gasteiger partial charge in [-0.3, -0.25) is 4.79 Å². The van der Waals surface area contributed by atoms with Gasteiger partial charge in [0.05, 0.1) is 0 Å². The lowest BCUT2D eigenvalue weighted by Gasteiger charge is -2.23. The average Bonchev–Trinajstić information content (AvgIpc) is 2.46. The Morgan fingerprint density at radius 1 is 1.35 bits per heavy atom. The van der Waals surface area contributed by atoms with E-state index in [4.69, 9.17) is 4.74 Å². The molecule has 0 heterocycles. The first kappa shape index (κ1) is 16.5. The van der Waals surface area contributed by atoms with Gasteiger partial charge < -0.3 is 9.53 Å². The molecule has 0 saturated carbocycles. The van der Waals surface area contributed by atoms with Crippen LogP contribution in [0.2, 0.25) is 0 Å². The molecule has 0 aliphatic heterocycles. The summed E-state index contributed by atoms with van der Waals surface area (Å²) in [6, 6.07) is 9.57. The summed E-state index contributed by atoms with van der Waals surface area (Å²) in [7, 11) is 0. The van der Waals surface area contributed by atoms with E-state index in [2.05, 4.69) is 0 Å². The van der Waals surface area contributed by atoms with Crippen LogP contribution < -0.4 is 0 Å². The molecule has 0 radical (unpaired) electrons. The molecule has 0 fully saturated rings. The number of carbonyl (C=O) groups excluding carboxylic acids is 2. The number of aldehydes is 1. The van der Waals surface area contributed by atoms with Gasteiger partial charge >= 0.3 is 5.97 Å². The molecule has 1 atom stereocenters. The molecule has 0 amide bonds. The molecule has 0 saturated heterocycles. The van der Waals surface area contributed by atoms with Crippen LogP contribution in [0, 0.1) is 0 Å². The topological polar surface area (TPSA) is 43.4 Å². The second-order valence-corrected chi connectivity index (χ2v) is 6.02. The third-order valence-electron chi connectivity index (χ3n) is 2.74. The van der Waals surface area contributed by atoms with Crippen molar-refractivity contribution >= 4 is 24.0 Å². The Kier molecular flexibility index (Phi) is 7.09. The van der Waals surface area contributed by atoms with Gasteiger partial charge in [0.1, 0.15) is 17.6 Å². The fourth-order valence-corrected chi connectivity index (χ4v) is 2.73. The Morgan fingerprint density at radius 2 is 2.05 bits per heavy atom. The van der Waals surface area contributed by atoms with E-state index in [0.29, 0.717) is 12.2 Å². The van der Waals surface area contributed by atoms with E-state index in [0.717, 1.165) is 11.8 Å². The van der Waals surface area contributed by atoms with Gasteiger partial charge in [-0.05, 0) is 19.4 Å². The number of hydrogen-bond donors (Lipinski definition) is 0. The minimum absolute atomic E-state index is 0.265. The molecule has 0 spiro atoms. The smallest absolute Gasteiger partial charge is 0.326 e. The second kappa shape index (κ2) is 8.59. The Labute approximate surface area is 124 Å². The van der Waals surface area contributed by atoms with E-state index in [1.807, 2.05) is 56.3 Å². The molecule has 20 heavy (non-hydrogen) atoms. The van der Waals surface area contributed by atoms with Gasteiger partial charge in [0.2, 0.25) is 0 Å². The highest BCUT2D eigenvalue weighted by Crippen LogP contribution is 2.29. The number of allylic oxidation sites excluding steroid dienone is 1. The fraction of sp³-hybridized carbons (Fsp3) is 0.375. The van der Waals surface area contributed by atoms with Crippen molar-refractivity contribution in [1.82, 2.24) is 0 Å². The van der Waals surface area contributed by atoms with Crippen LogP contribution in [0.15, 0.2) is 42.5 Å². The Hall–Kier alpha value is -1.55. The van der Waals surface area contributed by atoms with Gasteiger partial charge in [-0.1, -0.05) is 42.5 Å². The maximum absolute atomic E-state index is 12.2. The normalized spacial score (nSPS) is 13.9. The number of esters is 1. The molecule has 0 bridgehead atoms. The van der Waals surface area contributed by atoms with E-state index in [-0.39, 0.29) is 12.6 Å². The van der Waals surface area contributed by atoms with Crippen molar-refractivity contribution in [3.05, 3.63) is 48.0 Å². The molecule has 0 aliphatic rings. The maximum Gasteiger partial charge on any atom is 0.326 e. The van der Waals surface area contributed by atoms with E-state index < -0.39 is 4.75 Å². The van der Waals surface area contributed by atoms with Gasteiger partial charge in [-0.2, -0.15) is 0 Å². The average molecular weight is 292 g/mol. The van der Waals surface area contributed by atoms with Crippen LogP contribution in [-0.4, -0.2) is 22.8 Å². The van der Waals surface area contributed by atoms with Crippen LogP contribution >= 0.6 is 11.8 Å². The van der Waals surface area contributed by atoms with E-state index in [1.54, 1.807) is 0 Å². The van der Waals surface area contributed by atoms with Crippen LogP contribution in [-0.2, 0) is 20.9 Å². The summed E-state index contributed by atoms with van der Waals surface area (Å²) >= 11 is 1.42. The van der Waals surface area contributed by atoms with Crippen LogP contribution in [0.25, 0.3) is 0 Å². The minimum Gasteiger partial charge on any atom is -0.460 e. The number of rotatable bonds is 8. The summed E-state index contributed by atoms with van der Waals surface area (Å²) in [5.74, 6) is 0.320. The highest BCUT2D eigenvalue weighted by molar-refractivity contribution is 8.01. The Balaban J connectivity index is 2.61. The van der Waals surface area contributed by atoms with Gasteiger partial charge in [0.15, 0.2) is 0 Å². The van der Waals surface area contributed by atoms with Crippen molar-refractivity contribution in [2.75, 3.05) is 5.75 Å². The van der Waals surface area contributed by atoms with Crippen LogP contribution in [0.4, 0.5) is 0 Å².